The zero-order chi connectivity index (χ0) is 20.3. The molecule has 0 aliphatic rings. The number of hydrogen-bond donors (Lipinski definition) is 0. The molecule has 0 saturated heterocycles. The van der Waals surface area contributed by atoms with E-state index < -0.39 is 0 Å². The molecule has 0 aliphatic carbocycles. The number of fused-ring (bicyclic) bond motifs is 1. The van der Waals surface area contributed by atoms with Gasteiger partial charge in [-0.3, -0.25) is 4.79 Å². The molecule has 0 spiro atoms. The van der Waals surface area contributed by atoms with E-state index in [4.69, 9.17) is 9.47 Å². The average Bonchev–Trinajstić information content (AvgIpc) is 3.04. The molecule has 3 rings (SSSR count). The summed E-state index contributed by atoms with van der Waals surface area (Å²) >= 11 is 1.55. The fourth-order valence-corrected chi connectivity index (χ4v) is 4.16. The Labute approximate surface area is 169 Å². The minimum atomic E-state index is -0.308. The van der Waals surface area contributed by atoms with Crippen LogP contribution in [-0.4, -0.2) is 24.7 Å². The van der Waals surface area contributed by atoms with Crippen LogP contribution in [0.3, 0.4) is 0 Å². The number of amides is 1. The lowest BCUT2D eigenvalue weighted by molar-refractivity contribution is 0.0997. The van der Waals surface area contributed by atoms with E-state index in [1.54, 1.807) is 43.8 Å². The van der Waals surface area contributed by atoms with Crippen LogP contribution in [0.15, 0.2) is 41.4 Å². The lowest BCUT2D eigenvalue weighted by atomic mass is 10.0. The number of aryl methyl sites for hydroxylation is 1. The summed E-state index contributed by atoms with van der Waals surface area (Å²) in [6, 6.07) is 11.6. The molecular weight excluding hydrogens is 372 g/mol. The lowest BCUT2D eigenvalue weighted by Crippen LogP contribution is -2.17. The zero-order valence-electron chi connectivity index (χ0n) is 17.0. The van der Waals surface area contributed by atoms with Crippen LogP contribution in [0.1, 0.15) is 49.0 Å². The fourth-order valence-electron chi connectivity index (χ4n) is 3.06. The zero-order valence-corrected chi connectivity index (χ0v) is 17.8. The van der Waals surface area contributed by atoms with Gasteiger partial charge in [0.1, 0.15) is 11.5 Å². The molecule has 0 unspecified atom stereocenters. The van der Waals surface area contributed by atoms with Gasteiger partial charge in [-0.2, -0.15) is 4.99 Å². The van der Waals surface area contributed by atoms with Gasteiger partial charge in [0.05, 0.1) is 24.4 Å². The van der Waals surface area contributed by atoms with Crippen molar-refractivity contribution in [2.45, 2.75) is 39.7 Å². The molecule has 0 atom stereocenters. The predicted molar refractivity (Wildman–Crippen MR) is 114 cm³/mol. The van der Waals surface area contributed by atoms with E-state index >= 15 is 0 Å². The first kappa shape index (κ1) is 20.1. The fraction of sp³-hybridized carbons (Fsp3) is 0.364. The maximum Gasteiger partial charge on any atom is 0.279 e. The topological polar surface area (TPSA) is 52.8 Å². The standard InChI is InChI=1S/C22H26N2O3S/c1-6-9-24-19-8-7-15(14(2)3)12-20(19)28-22(24)23-21(25)16-10-17(26-4)13-18(11-16)27-5/h7-8,10-14H,6,9H2,1-5H3. The summed E-state index contributed by atoms with van der Waals surface area (Å²) in [6.07, 6.45) is 0.964. The Morgan fingerprint density at radius 3 is 2.36 bits per heavy atom. The molecule has 0 N–H and O–H groups in total. The maximum absolute atomic E-state index is 12.9. The third-order valence-electron chi connectivity index (χ3n) is 4.62. The summed E-state index contributed by atoms with van der Waals surface area (Å²) in [4.78, 5) is 18.0. The smallest absolute Gasteiger partial charge is 0.279 e. The van der Waals surface area contributed by atoms with Crippen molar-refractivity contribution in [2.75, 3.05) is 14.2 Å². The van der Waals surface area contributed by atoms with Gasteiger partial charge in [0.25, 0.3) is 5.91 Å². The van der Waals surface area contributed by atoms with Gasteiger partial charge in [-0.05, 0) is 42.2 Å². The van der Waals surface area contributed by atoms with E-state index in [-0.39, 0.29) is 5.91 Å². The molecule has 1 amide bonds. The van der Waals surface area contributed by atoms with Crippen LogP contribution in [0, 0.1) is 0 Å². The second-order valence-electron chi connectivity index (χ2n) is 6.94. The number of aromatic nitrogens is 1. The summed E-state index contributed by atoms with van der Waals surface area (Å²) in [6.45, 7) is 7.30. The predicted octanol–water partition coefficient (Wildman–Crippen LogP) is 4.99. The Balaban J connectivity index is 2.12. The van der Waals surface area contributed by atoms with Gasteiger partial charge in [-0.1, -0.05) is 38.2 Å². The molecule has 0 bridgehead atoms. The van der Waals surface area contributed by atoms with Crippen LogP contribution in [0.2, 0.25) is 0 Å². The Kier molecular flexibility index (Phi) is 6.19. The first-order chi connectivity index (χ1) is 13.5. The van der Waals surface area contributed by atoms with Gasteiger partial charge in [-0.25, -0.2) is 0 Å². The molecule has 0 saturated carbocycles. The Hall–Kier alpha value is -2.60. The van der Waals surface area contributed by atoms with Crippen molar-refractivity contribution in [1.82, 2.24) is 4.57 Å². The molecule has 0 radical (unpaired) electrons. The van der Waals surface area contributed by atoms with Crippen LogP contribution in [0.25, 0.3) is 10.2 Å². The number of carbonyl (C=O) groups excluding carboxylic acids is 1. The third kappa shape index (κ3) is 4.12. The summed E-state index contributed by atoms with van der Waals surface area (Å²) in [5.41, 5.74) is 2.85. The van der Waals surface area contributed by atoms with Gasteiger partial charge in [0, 0.05) is 18.2 Å². The van der Waals surface area contributed by atoms with Crippen LogP contribution in [0.5, 0.6) is 11.5 Å². The Bertz CT molecular complexity index is 1040. The molecular formula is C22H26N2O3S. The molecule has 3 aromatic rings. The van der Waals surface area contributed by atoms with Crippen molar-refractivity contribution in [2.24, 2.45) is 4.99 Å². The van der Waals surface area contributed by atoms with Crippen molar-refractivity contribution in [1.29, 1.82) is 0 Å². The summed E-state index contributed by atoms with van der Waals surface area (Å²) < 4.78 is 13.8. The molecule has 0 aliphatic heterocycles. The molecule has 1 aromatic heterocycles. The van der Waals surface area contributed by atoms with Gasteiger partial charge < -0.3 is 14.0 Å². The Morgan fingerprint density at radius 2 is 1.79 bits per heavy atom. The highest BCUT2D eigenvalue weighted by atomic mass is 32.1. The quantitative estimate of drug-likeness (QED) is 0.587. The van der Waals surface area contributed by atoms with E-state index in [1.165, 1.54) is 5.56 Å². The van der Waals surface area contributed by atoms with E-state index in [1.807, 2.05) is 0 Å². The highest BCUT2D eigenvalue weighted by Crippen LogP contribution is 2.25. The van der Waals surface area contributed by atoms with E-state index in [2.05, 4.69) is 48.5 Å². The summed E-state index contributed by atoms with van der Waals surface area (Å²) in [5, 5.41) is 0. The number of nitrogens with zero attached hydrogens (tertiary/aromatic N) is 2. The normalized spacial score (nSPS) is 12.0. The monoisotopic (exact) mass is 398 g/mol. The van der Waals surface area contributed by atoms with Crippen LogP contribution in [-0.2, 0) is 6.54 Å². The second kappa shape index (κ2) is 8.61. The summed E-state index contributed by atoms with van der Waals surface area (Å²) in [5.74, 6) is 1.28. The van der Waals surface area contributed by atoms with Crippen LogP contribution < -0.4 is 14.3 Å². The minimum Gasteiger partial charge on any atom is -0.497 e. The van der Waals surface area contributed by atoms with E-state index in [0.29, 0.717) is 27.8 Å². The molecule has 28 heavy (non-hydrogen) atoms. The van der Waals surface area contributed by atoms with Crippen molar-refractivity contribution in [3.8, 4) is 11.5 Å². The number of ether oxygens (including phenoxy) is 2. The summed E-state index contributed by atoms with van der Waals surface area (Å²) in [7, 11) is 3.13. The average molecular weight is 399 g/mol. The van der Waals surface area contributed by atoms with Crippen molar-refractivity contribution in [3.63, 3.8) is 0 Å². The second-order valence-corrected chi connectivity index (χ2v) is 7.95. The number of carbonyl (C=O) groups is 1. The number of hydrogen-bond acceptors (Lipinski definition) is 4. The molecule has 2 aromatic carbocycles. The van der Waals surface area contributed by atoms with E-state index in [9.17, 15) is 4.79 Å². The number of thiazole rings is 1. The molecule has 0 fully saturated rings. The SMILES string of the molecule is CCCn1c(=NC(=O)c2cc(OC)cc(OC)c2)sc2cc(C(C)C)ccc21. The van der Waals surface area contributed by atoms with E-state index in [0.717, 1.165) is 23.2 Å². The van der Waals surface area contributed by atoms with Gasteiger partial charge in [0.2, 0.25) is 0 Å². The van der Waals surface area contributed by atoms with Gasteiger partial charge in [-0.15, -0.1) is 0 Å². The van der Waals surface area contributed by atoms with Crippen molar-refractivity contribution < 1.29 is 14.3 Å². The van der Waals surface area contributed by atoms with Crippen molar-refractivity contribution in [3.05, 3.63) is 52.3 Å². The largest absolute Gasteiger partial charge is 0.497 e. The molecule has 148 valence electrons. The van der Waals surface area contributed by atoms with Crippen LogP contribution >= 0.6 is 11.3 Å². The third-order valence-corrected chi connectivity index (χ3v) is 5.66. The highest BCUT2D eigenvalue weighted by molar-refractivity contribution is 7.16. The molecule has 5 nitrogen and oxygen atoms in total. The lowest BCUT2D eigenvalue weighted by Gasteiger charge is -2.07. The first-order valence-electron chi connectivity index (χ1n) is 9.42. The minimum absolute atomic E-state index is 0.308. The molecule has 6 heteroatoms. The van der Waals surface area contributed by atoms with Crippen LogP contribution in [0.4, 0.5) is 0 Å². The first-order valence-corrected chi connectivity index (χ1v) is 10.2. The molecule has 1 heterocycles. The maximum atomic E-state index is 12.9. The van der Waals surface area contributed by atoms with Crippen molar-refractivity contribution >= 4 is 27.5 Å². The highest BCUT2D eigenvalue weighted by Gasteiger charge is 2.12. The number of methoxy groups -OCH3 is 2. The van der Waals surface area contributed by atoms with Gasteiger partial charge in [0.15, 0.2) is 4.80 Å². The Morgan fingerprint density at radius 1 is 1.11 bits per heavy atom. The van der Waals surface area contributed by atoms with Gasteiger partial charge >= 0.3 is 0 Å². The number of benzene rings is 2. The number of rotatable bonds is 6.